The molecular weight excluding hydrogens is 378 g/mol. The van der Waals surface area contributed by atoms with Gasteiger partial charge in [-0.2, -0.15) is 0 Å². The van der Waals surface area contributed by atoms with Crippen LogP contribution in [0.1, 0.15) is 18.4 Å². The zero-order valence-electron chi connectivity index (χ0n) is 15.3. The van der Waals surface area contributed by atoms with Crippen molar-refractivity contribution in [2.75, 3.05) is 11.9 Å². The lowest BCUT2D eigenvalue weighted by Gasteiger charge is -2.05. The van der Waals surface area contributed by atoms with Crippen molar-refractivity contribution in [2.24, 2.45) is 0 Å². The summed E-state index contributed by atoms with van der Waals surface area (Å²) < 4.78 is 5.56. The summed E-state index contributed by atoms with van der Waals surface area (Å²) in [5.74, 6) is 0.632. The lowest BCUT2D eigenvalue weighted by molar-refractivity contribution is -0.385. The van der Waals surface area contributed by atoms with Crippen molar-refractivity contribution < 1.29 is 14.5 Å². The molecule has 0 fully saturated rings. The predicted molar refractivity (Wildman–Crippen MR) is 109 cm³/mol. The van der Waals surface area contributed by atoms with Crippen LogP contribution < -0.4 is 10.1 Å². The highest BCUT2D eigenvalue weighted by molar-refractivity contribution is 7.14. The molecule has 28 heavy (non-hydrogen) atoms. The van der Waals surface area contributed by atoms with Gasteiger partial charge in [-0.15, -0.1) is 11.3 Å². The van der Waals surface area contributed by atoms with Gasteiger partial charge in [-0.25, -0.2) is 4.98 Å². The van der Waals surface area contributed by atoms with Crippen molar-refractivity contribution >= 4 is 28.1 Å². The molecule has 3 rings (SSSR count). The average Bonchev–Trinajstić information content (AvgIpc) is 3.14. The summed E-state index contributed by atoms with van der Waals surface area (Å²) in [6.07, 6.45) is 0.904. The third kappa shape index (κ3) is 5.14. The number of ether oxygens (including phenoxy) is 1. The van der Waals surface area contributed by atoms with Gasteiger partial charge < -0.3 is 10.1 Å². The van der Waals surface area contributed by atoms with Crippen LogP contribution in [0.2, 0.25) is 0 Å². The summed E-state index contributed by atoms with van der Waals surface area (Å²) in [5, 5.41) is 16.1. The van der Waals surface area contributed by atoms with E-state index in [2.05, 4.69) is 10.3 Å². The molecule has 0 atom stereocenters. The predicted octanol–water partition coefficient (Wildman–Crippen LogP) is 4.82. The number of hydrogen-bond acceptors (Lipinski definition) is 6. The van der Waals surface area contributed by atoms with Crippen LogP contribution in [0.4, 0.5) is 10.8 Å². The van der Waals surface area contributed by atoms with E-state index in [0.29, 0.717) is 41.4 Å². The third-order valence-corrected chi connectivity index (χ3v) is 4.77. The first-order valence-corrected chi connectivity index (χ1v) is 9.59. The molecule has 144 valence electrons. The molecule has 8 heteroatoms. The van der Waals surface area contributed by atoms with Crippen LogP contribution in [-0.4, -0.2) is 22.4 Å². The van der Waals surface area contributed by atoms with Crippen molar-refractivity contribution in [1.29, 1.82) is 0 Å². The van der Waals surface area contributed by atoms with Crippen LogP contribution in [0.5, 0.6) is 5.75 Å². The SMILES string of the molecule is Cc1ccc(-c2csc(NC(=O)CCCOc3ccccc3)n2)cc1[N+](=O)[O-]. The molecule has 0 unspecified atom stereocenters. The number of rotatable bonds is 8. The minimum atomic E-state index is -0.411. The van der Waals surface area contributed by atoms with Crippen molar-refractivity contribution in [3.05, 3.63) is 69.6 Å². The summed E-state index contributed by atoms with van der Waals surface area (Å²) in [7, 11) is 0. The summed E-state index contributed by atoms with van der Waals surface area (Å²) in [6.45, 7) is 2.14. The number of aromatic nitrogens is 1. The van der Waals surface area contributed by atoms with Crippen LogP contribution >= 0.6 is 11.3 Å². The summed E-state index contributed by atoms with van der Waals surface area (Å²) in [6, 6.07) is 14.4. The van der Waals surface area contributed by atoms with Crippen LogP contribution in [0.3, 0.4) is 0 Å². The van der Waals surface area contributed by atoms with Crippen molar-refractivity contribution in [3.8, 4) is 17.0 Å². The van der Waals surface area contributed by atoms with E-state index in [4.69, 9.17) is 4.74 Å². The van der Waals surface area contributed by atoms with Gasteiger partial charge in [0.1, 0.15) is 5.75 Å². The van der Waals surface area contributed by atoms with E-state index in [1.165, 1.54) is 17.4 Å². The summed E-state index contributed by atoms with van der Waals surface area (Å²) >= 11 is 1.28. The molecule has 1 amide bonds. The standard InChI is InChI=1S/C20H19N3O4S/c1-14-9-10-15(12-18(14)23(25)26)17-13-28-20(21-17)22-19(24)8-5-11-27-16-6-3-2-4-7-16/h2-4,6-7,9-10,12-13H,5,8,11H2,1H3,(H,21,22,24). The van der Waals surface area contributed by atoms with E-state index in [1.54, 1.807) is 24.4 Å². The molecule has 0 bridgehead atoms. The first kappa shape index (κ1) is 19.5. The van der Waals surface area contributed by atoms with Crippen molar-refractivity contribution in [3.63, 3.8) is 0 Å². The second kappa shape index (κ2) is 9.09. The van der Waals surface area contributed by atoms with E-state index in [-0.39, 0.29) is 11.6 Å². The Bertz CT molecular complexity index is 973. The fourth-order valence-electron chi connectivity index (χ4n) is 2.55. The van der Waals surface area contributed by atoms with Gasteiger partial charge in [0.15, 0.2) is 5.13 Å². The van der Waals surface area contributed by atoms with E-state index < -0.39 is 4.92 Å². The average molecular weight is 397 g/mol. The number of amides is 1. The van der Waals surface area contributed by atoms with Gasteiger partial charge in [0, 0.05) is 29.0 Å². The lowest BCUT2D eigenvalue weighted by atomic mass is 10.1. The quantitative estimate of drug-likeness (QED) is 0.334. The summed E-state index contributed by atoms with van der Waals surface area (Å²) in [4.78, 5) is 27.1. The largest absolute Gasteiger partial charge is 0.494 e. The van der Waals surface area contributed by atoms with E-state index in [9.17, 15) is 14.9 Å². The minimum absolute atomic E-state index is 0.0505. The van der Waals surface area contributed by atoms with Gasteiger partial charge in [0.25, 0.3) is 5.69 Å². The number of aryl methyl sites for hydroxylation is 1. The molecule has 0 aliphatic rings. The number of nitrogens with zero attached hydrogens (tertiary/aromatic N) is 2. The maximum atomic E-state index is 12.1. The van der Waals surface area contributed by atoms with Gasteiger partial charge in [-0.3, -0.25) is 14.9 Å². The maximum Gasteiger partial charge on any atom is 0.272 e. The number of para-hydroxylation sites is 1. The molecule has 1 aromatic heterocycles. The zero-order valence-corrected chi connectivity index (χ0v) is 16.1. The number of nitro benzene ring substituents is 1. The molecule has 2 aromatic carbocycles. The minimum Gasteiger partial charge on any atom is -0.494 e. The molecule has 0 saturated carbocycles. The maximum absolute atomic E-state index is 12.1. The Hall–Kier alpha value is -3.26. The number of benzene rings is 2. The second-order valence-electron chi connectivity index (χ2n) is 6.11. The molecule has 1 heterocycles. The van der Waals surface area contributed by atoms with Gasteiger partial charge in [-0.1, -0.05) is 30.3 Å². The van der Waals surface area contributed by atoms with Crippen LogP contribution in [-0.2, 0) is 4.79 Å². The third-order valence-electron chi connectivity index (χ3n) is 4.01. The van der Waals surface area contributed by atoms with Gasteiger partial charge in [0.2, 0.25) is 5.91 Å². The number of thiazole rings is 1. The topological polar surface area (TPSA) is 94.4 Å². The molecule has 0 radical (unpaired) electrons. The Morgan fingerprint density at radius 3 is 2.79 bits per heavy atom. The number of nitro groups is 1. The zero-order chi connectivity index (χ0) is 19.9. The van der Waals surface area contributed by atoms with E-state index in [1.807, 2.05) is 30.3 Å². The number of carbonyl (C=O) groups excluding carboxylic acids is 1. The molecular formula is C20H19N3O4S. The van der Waals surface area contributed by atoms with Crippen LogP contribution in [0.15, 0.2) is 53.9 Å². The molecule has 3 aromatic rings. The Labute approximate surface area is 166 Å². The normalized spacial score (nSPS) is 10.5. The first-order chi connectivity index (χ1) is 13.5. The molecule has 1 N–H and O–H groups in total. The van der Waals surface area contributed by atoms with Gasteiger partial charge in [-0.05, 0) is 25.5 Å². The molecule has 7 nitrogen and oxygen atoms in total. The Morgan fingerprint density at radius 2 is 2.04 bits per heavy atom. The highest BCUT2D eigenvalue weighted by atomic mass is 32.1. The highest BCUT2D eigenvalue weighted by Crippen LogP contribution is 2.29. The molecule has 0 aliphatic carbocycles. The van der Waals surface area contributed by atoms with Crippen LogP contribution in [0.25, 0.3) is 11.3 Å². The van der Waals surface area contributed by atoms with Gasteiger partial charge in [0.05, 0.1) is 17.2 Å². The van der Waals surface area contributed by atoms with Crippen LogP contribution in [0, 0.1) is 17.0 Å². The van der Waals surface area contributed by atoms with Gasteiger partial charge >= 0.3 is 0 Å². The van der Waals surface area contributed by atoms with E-state index >= 15 is 0 Å². The Morgan fingerprint density at radius 1 is 1.25 bits per heavy atom. The Kier molecular flexibility index (Phi) is 6.33. The first-order valence-electron chi connectivity index (χ1n) is 8.71. The molecule has 0 spiro atoms. The number of hydrogen-bond donors (Lipinski definition) is 1. The number of carbonyl (C=O) groups is 1. The van der Waals surface area contributed by atoms with Crippen molar-refractivity contribution in [2.45, 2.75) is 19.8 Å². The van der Waals surface area contributed by atoms with E-state index in [0.717, 1.165) is 5.75 Å². The Balaban J connectivity index is 1.52. The lowest BCUT2D eigenvalue weighted by Crippen LogP contribution is -2.12. The number of anilines is 1. The highest BCUT2D eigenvalue weighted by Gasteiger charge is 2.14. The molecule has 0 aliphatic heterocycles. The fourth-order valence-corrected chi connectivity index (χ4v) is 3.29. The number of nitrogens with one attached hydrogen (secondary N) is 1. The monoisotopic (exact) mass is 397 g/mol. The fraction of sp³-hybridized carbons (Fsp3) is 0.200. The smallest absolute Gasteiger partial charge is 0.272 e. The summed E-state index contributed by atoms with van der Waals surface area (Å²) in [5.41, 5.74) is 1.88. The van der Waals surface area contributed by atoms with Crippen molar-refractivity contribution in [1.82, 2.24) is 4.98 Å². The second-order valence-corrected chi connectivity index (χ2v) is 6.97. The molecule has 0 saturated heterocycles.